The molecule has 1 aliphatic rings. The first-order valence-electron chi connectivity index (χ1n) is 4.06. The van der Waals surface area contributed by atoms with Gasteiger partial charge in [-0.15, -0.1) is 0 Å². The molecule has 0 spiro atoms. The van der Waals surface area contributed by atoms with Crippen molar-refractivity contribution in [3.8, 4) is 0 Å². The molecule has 0 unspecified atom stereocenters. The van der Waals surface area contributed by atoms with Crippen LogP contribution in [0.15, 0.2) is 0 Å². The van der Waals surface area contributed by atoms with Gasteiger partial charge in [0.15, 0.2) is 12.4 Å². The second kappa shape index (κ2) is 4.29. The predicted octanol–water partition coefficient (Wildman–Crippen LogP) is -2.71. The van der Waals surface area contributed by atoms with Crippen molar-refractivity contribution >= 4 is 10.4 Å². The van der Waals surface area contributed by atoms with Crippen LogP contribution in [0.25, 0.3) is 0 Å². The van der Waals surface area contributed by atoms with E-state index in [0.717, 1.165) is 0 Å². The lowest BCUT2D eigenvalue weighted by Gasteiger charge is -2.38. The minimum Gasteiger partial charge on any atom is -0.726 e. The molecule has 15 heavy (non-hydrogen) atoms. The molecule has 0 aromatic carbocycles. The molecular weight excluding hydrogens is 232 g/mol. The molecule has 1 aliphatic heterocycles. The lowest BCUT2D eigenvalue weighted by molar-refractivity contribution is -0.271. The van der Waals surface area contributed by atoms with Gasteiger partial charge in [-0.1, -0.05) is 0 Å². The van der Waals surface area contributed by atoms with E-state index in [1.807, 2.05) is 0 Å². The van der Waals surface area contributed by atoms with E-state index >= 15 is 0 Å². The number of hydrogen-bond donors (Lipinski definition) is 3. The molecule has 3 N–H and O–H groups in total. The summed E-state index contributed by atoms with van der Waals surface area (Å²) in [5, 5.41) is 27.8. The highest BCUT2D eigenvalue weighted by atomic mass is 32.3. The standard InChI is InChI=1S/C6H12O8S/c1-2-3(7)4(8)5(6(9)13-2)14-15(10,11)12/h2-9H,1H3,(H,10,11,12)/p-1/t2-,3+,4+,5-,6+/m0/s1. The van der Waals surface area contributed by atoms with Crippen LogP contribution in [0.3, 0.4) is 0 Å². The van der Waals surface area contributed by atoms with Gasteiger partial charge in [0, 0.05) is 0 Å². The van der Waals surface area contributed by atoms with Crippen LogP contribution in [0.5, 0.6) is 0 Å². The minimum absolute atomic E-state index is 0.899. The average molecular weight is 243 g/mol. The van der Waals surface area contributed by atoms with Crippen molar-refractivity contribution in [1.82, 2.24) is 0 Å². The van der Waals surface area contributed by atoms with Gasteiger partial charge in [-0.05, 0) is 6.92 Å². The lowest BCUT2D eigenvalue weighted by atomic mass is 10.0. The molecule has 8 nitrogen and oxygen atoms in total. The SMILES string of the molecule is C[C@@H]1O[C@@H](O)[C@@H](OS(=O)(=O)[O-])[C@H](O)[C@@H]1O. The third-order valence-electron chi connectivity index (χ3n) is 2.03. The smallest absolute Gasteiger partial charge is 0.218 e. The molecule has 0 bridgehead atoms. The zero-order valence-corrected chi connectivity index (χ0v) is 8.49. The molecule has 0 radical (unpaired) electrons. The van der Waals surface area contributed by atoms with Gasteiger partial charge in [0.1, 0.15) is 12.2 Å². The molecule has 1 heterocycles. The first kappa shape index (κ1) is 12.8. The van der Waals surface area contributed by atoms with Crippen LogP contribution in [0.2, 0.25) is 0 Å². The average Bonchev–Trinajstić information content (AvgIpc) is 2.07. The second-order valence-corrected chi connectivity index (χ2v) is 4.19. The molecule has 0 aromatic rings. The summed E-state index contributed by atoms with van der Waals surface area (Å²) in [6.07, 6.45) is -7.67. The van der Waals surface area contributed by atoms with Crippen LogP contribution < -0.4 is 0 Å². The van der Waals surface area contributed by atoms with Gasteiger partial charge in [-0.2, -0.15) is 0 Å². The fourth-order valence-corrected chi connectivity index (χ4v) is 1.74. The zero-order valence-electron chi connectivity index (χ0n) is 7.68. The first-order chi connectivity index (χ1) is 6.72. The van der Waals surface area contributed by atoms with Crippen LogP contribution >= 0.6 is 0 Å². The van der Waals surface area contributed by atoms with Crippen molar-refractivity contribution in [2.24, 2.45) is 0 Å². The van der Waals surface area contributed by atoms with Crippen LogP contribution in [-0.2, 0) is 19.3 Å². The maximum Gasteiger partial charge on any atom is 0.218 e. The van der Waals surface area contributed by atoms with Gasteiger partial charge in [-0.3, -0.25) is 4.18 Å². The highest BCUT2D eigenvalue weighted by molar-refractivity contribution is 7.80. The summed E-state index contributed by atoms with van der Waals surface area (Å²) in [7, 11) is -5.09. The van der Waals surface area contributed by atoms with Crippen molar-refractivity contribution in [2.45, 2.75) is 37.6 Å². The molecule has 9 heteroatoms. The van der Waals surface area contributed by atoms with Gasteiger partial charge in [0.05, 0.1) is 6.10 Å². The summed E-state index contributed by atoms with van der Waals surface area (Å²) < 4.78 is 39.2. The number of aliphatic hydroxyl groups excluding tert-OH is 3. The van der Waals surface area contributed by atoms with Gasteiger partial charge >= 0.3 is 0 Å². The Morgan fingerprint density at radius 3 is 2.27 bits per heavy atom. The summed E-state index contributed by atoms with van der Waals surface area (Å²) in [6, 6.07) is 0. The normalized spacial score (nSPS) is 42.9. The Hall–Kier alpha value is -0.290. The number of ether oxygens (including phenoxy) is 1. The van der Waals surface area contributed by atoms with E-state index in [-0.39, 0.29) is 0 Å². The first-order valence-corrected chi connectivity index (χ1v) is 5.39. The lowest BCUT2D eigenvalue weighted by Crippen LogP contribution is -2.57. The summed E-state index contributed by atoms with van der Waals surface area (Å²) in [5.74, 6) is 0. The third-order valence-corrected chi connectivity index (χ3v) is 2.49. The summed E-state index contributed by atoms with van der Waals surface area (Å²) in [5.41, 5.74) is 0. The maximum absolute atomic E-state index is 10.2. The Balaban J connectivity index is 2.79. The molecule has 1 saturated heterocycles. The van der Waals surface area contributed by atoms with E-state index in [1.165, 1.54) is 6.92 Å². The third kappa shape index (κ3) is 3.08. The number of rotatable bonds is 2. The fourth-order valence-electron chi connectivity index (χ4n) is 1.26. The summed E-state index contributed by atoms with van der Waals surface area (Å²) >= 11 is 0. The van der Waals surface area contributed by atoms with Crippen molar-refractivity contribution in [3.63, 3.8) is 0 Å². The van der Waals surface area contributed by atoms with Crippen molar-refractivity contribution in [3.05, 3.63) is 0 Å². The van der Waals surface area contributed by atoms with Gasteiger partial charge < -0.3 is 24.6 Å². The van der Waals surface area contributed by atoms with E-state index in [0.29, 0.717) is 0 Å². The van der Waals surface area contributed by atoms with Crippen LogP contribution in [-0.4, -0.2) is 59.0 Å². The topological polar surface area (TPSA) is 136 Å². The van der Waals surface area contributed by atoms with Gasteiger partial charge in [-0.25, -0.2) is 8.42 Å². The van der Waals surface area contributed by atoms with Gasteiger partial charge in [0.2, 0.25) is 10.4 Å². The Morgan fingerprint density at radius 2 is 1.80 bits per heavy atom. The Kier molecular flexibility index (Phi) is 3.66. The van der Waals surface area contributed by atoms with Gasteiger partial charge in [0.25, 0.3) is 0 Å². The molecule has 1 rings (SSSR count). The Labute approximate surface area is 86.0 Å². The van der Waals surface area contributed by atoms with E-state index in [2.05, 4.69) is 8.92 Å². The quantitative estimate of drug-likeness (QED) is 0.352. The number of hydrogen-bond acceptors (Lipinski definition) is 8. The monoisotopic (exact) mass is 243 g/mol. The fraction of sp³-hybridized carbons (Fsp3) is 1.00. The Morgan fingerprint density at radius 1 is 1.27 bits per heavy atom. The largest absolute Gasteiger partial charge is 0.726 e. The van der Waals surface area contributed by atoms with Crippen LogP contribution in [0.4, 0.5) is 0 Å². The number of aliphatic hydroxyl groups is 3. The van der Waals surface area contributed by atoms with E-state index in [9.17, 15) is 23.2 Å². The summed E-state index contributed by atoms with van der Waals surface area (Å²) in [6.45, 7) is 1.36. The molecule has 0 amide bonds. The van der Waals surface area contributed by atoms with Crippen LogP contribution in [0.1, 0.15) is 6.92 Å². The molecule has 90 valence electrons. The van der Waals surface area contributed by atoms with Crippen molar-refractivity contribution < 1.29 is 37.2 Å². The maximum atomic E-state index is 10.2. The van der Waals surface area contributed by atoms with E-state index in [1.54, 1.807) is 0 Å². The van der Waals surface area contributed by atoms with E-state index in [4.69, 9.17) is 5.11 Å². The molecule has 1 fully saturated rings. The minimum atomic E-state index is -5.09. The molecule has 0 saturated carbocycles. The highest BCUT2D eigenvalue weighted by Gasteiger charge is 2.43. The molecule has 0 aromatic heterocycles. The van der Waals surface area contributed by atoms with E-state index < -0.39 is 41.1 Å². The summed E-state index contributed by atoms with van der Waals surface area (Å²) in [4.78, 5) is 0. The van der Waals surface area contributed by atoms with Crippen molar-refractivity contribution in [2.75, 3.05) is 0 Å². The predicted molar refractivity (Wildman–Crippen MR) is 43.1 cm³/mol. The molecule has 5 atom stereocenters. The van der Waals surface area contributed by atoms with Crippen molar-refractivity contribution in [1.29, 1.82) is 0 Å². The highest BCUT2D eigenvalue weighted by Crippen LogP contribution is 2.22. The van der Waals surface area contributed by atoms with Crippen LogP contribution in [0, 0.1) is 0 Å². The molecule has 0 aliphatic carbocycles. The zero-order chi connectivity index (χ0) is 11.8. The Bertz CT molecular complexity index is 313. The second-order valence-electron chi connectivity index (χ2n) is 3.18. The molecular formula is C6H11O8S-.